The lowest BCUT2D eigenvalue weighted by Crippen LogP contribution is -2.31. The topological polar surface area (TPSA) is 34.0 Å². The maximum Gasteiger partial charge on any atom is 0.264 e. The minimum Gasteiger partial charge on any atom is -0.316 e. The van der Waals surface area contributed by atoms with E-state index in [-0.39, 0.29) is 5.56 Å². The first-order valence-corrected chi connectivity index (χ1v) is 6.62. The van der Waals surface area contributed by atoms with Crippen molar-refractivity contribution in [3.8, 4) is 0 Å². The van der Waals surface area contributed by atoms with Crippen LogP contribution in [0.15, 0.2) is 27.6 Å². The molecule has 1 aliphatic rings. The van der Waals surface area contributed by atoms with E-state index in [2.05, 4.69) is 21.2 Å². The quantitative estimate of drug-likeness (QED) is 0.921. The molecule has 1 fully saturated rings. The monoisotopic (exact) mass is 284 g/mol. The third-order valence-corrected chi connectivity index (χ3v) is 3.75. The van der Waals surface area contributed by atoms with Gasteiger partial charge < -0.3 is 9.88 Å². The highest BCUT2D eigenvalue weighted by atomic mass is 79.9. The molecule has 2 rings (SSSR count). The maximum absolute atomic E-state index is 11.7. The lowest BCUT2D eigenvalue weighted by molar-refractivity contribution is 0.340. The van der Waals surface area contributed by atoms with Gasteiger partial charge in [0.2, 0.25) is 0 Å². The lowest BCUT2D eigenvalue weighted by atomic mass is 9.96. The molecule has 4 heteroatoms. The first-order valence-electron chi connectivity index (χ1n) is 5.83. The molecule has 16 heavy (non-hydrogen) atoms. The maximum atomic E-state index is 11.7. The Morgan fingerprint density at radius 3 is 3.19 bits per heavy atom. The van der Waals surface area contributed by atoms with Crippen molar-refractivity contribution < 1.29 is 0 Å². The van der Waals surface area contributed by atoms with E-state index < -0.39 is 0 Å². The number of halogens is 1. The molecule has 0 aromatic carbocycles. The van der Waals surface area contributed by atoms with Gasteiger partial charge >= 0.3 is 0 Å². The first kappa shape index (κ1) is 11.9. The van der Waals surface area contributed by atoms with E-state index in [1.807, 2.05) is 12.3 Å². The molecule has 0 radical (unpaired) electrons. The number of nitrogens with one attached hydrogen (secondary N) is 1. The van der Waals surface area contributed by atoms with Gasteiger partial charge in [0.1, 0.15) is 0 Å². The molecule has 1 unspecified atom stereocenters. The second-order valence-electron chi connectivity index (χ2n) is 4.36. The van der Waals surface area contributed by atoms with Crippen LogP contribution in [0.1, 0.15) is 19.3 Å². The second-order valence-corrected chi connectivity index (χ2v) is 5.21. The average molecular weight is 285 g/mol. The molecule has 0 aliphatic carbocycles. The van der Waals surface area contributed by atoms with E-state index in [4.69, 9.17) is 0 Å². The predicted molar refractivity (Wildman–Crippen MR) is 68.6 cm³/mol. The highest BCUT2D eigenvalue weighted by Crippen LogP contribution is 2.14. The number of aromatic nitrogens is 1. The average Bonchev–Trinajstić information content (AvgIpc) is 2.32. The molecular weight excluding hydrogens is 268 g/mol. The van der Waals surface area contributed by atoms with Crippen molar-refractivity contribution >= 4 is 15.9 Å². The second kappa shape index (κ2) is 5.64. The van der Waals surface area contributed by atoms with Crippen LogP contribution in [-0.4, -0.2) is 17.7 Å². The number of nitrogens with zero attached hydrogens (tertiary/aromatic N) is 1. The zero-order chi connectivity index (χ0) is 11.4. The Morgan fingerprint density at radius 2 is 2.44 bits per heavy atom. The molecule has 3 nitrogen and oxygen atoms in total. The summed E-state index contributed by atoms with van der Waals surface area (Å²) in [5.41, 5.74) is 0.0752. The van der Waals surface area contributed by atoms with Crippen molar-refractivity contribution in [2.75, 3.05) is 13.1 Å². The Hall–Kier alpha value is -0.610. The van der Waals surface area contributed by atoms with Crippen LogP contribution in [0.25, 0.3) is 0 Å². The van der Waals surface area contributed by atoms with Gasteiger partial charge in [-0.25, -0.2) is 0 Å². The van der Waals surface area contributed by atoms with Crippen molar-refractivity contribution in [3.63, 3.8) is 0 Å². The van der Waals surface area contributed by atoms with Gasteiger partial charge in [0.15, 0.2) is 0 Å². The van der Waals surface area contributed by atoms with Crippen molar-refractivity contribution in [2.45, 2.75) is 25.8 Å². The number of piperidine rings is 1. The van der Waals surface area contributed by atoms with E-state index >= 15 is 0 Å². The normalized spacial score (nSPS) is 20.9. The van der Waals surface area contributed by atoms with E-state index in [9.17, 15) is 4.79 Å². The van der Waals surface area contributed by atoms with Gasteiger partial charge in [-0.2, -0.15) is 0 Å². The van der Waals surface area contributed by atoms with Gasteiger partial charge in [-0.3, -0.25) is 4.79 Å². The number of hydrogen-bond acceptors (Lipinski definition) is 2. The summed E-state index contributed by atoms with van der Waals surface area (Å²) in [4.78, 5) is 11.7. The van der Waals surface area contributed by atoms with E-state index in [0.29, 0.717) is 4.47 Å². The van der Waals surface area contributed by atoms with E-state index in [1.165, 1.54) is 12.8 Å². The highest BCUT2D eigenvalue weighted by molar-refractivity contribution is 9.10. The molecular formula is C12H17BrN2O. The van der Waals surface area contributed by atoms with E-state index in [1.54, 1.807) is 10.6 Å². The molecule has 1 aromatic heterocycles. The zero-order valence-electron chi connectivity index (χ0n) is 9.29. The summed E-state index contributed by atoms with van der Waals surface area (Å²) in [5.74, 6) is 0.722. The van der Waals surface area contributed by atoms with Crippen LogP contribution in [0.3, 0.4) is 0 Å². The number of hydrogen-bond donors (Lipinski definition) is 1. The summed E-state index contributed by atoms with van der Waals surface area (Å²) in [6, 6.07) is 3.70. The van der Waals surface area contributed by atoms with Crippen molar-refractivity contribution in [1.82, 2.24) is 9.88 Å². The third kappa shape index (κ3) is 2.95. The number of rotatable bonds is 3. The van der Waals surface area contributed by atoms with Gasteiger partial charge in [-0.15, -0.1) is 0 Å². The van der Waals surface area contributed by atoms with Crippen LogP contribution in [0.4, 0.5) is 0 Å². The number of pyridine rings is 1. The van der Waals surface area contributed by atoms with Crippen LogP contribution < -0.4 is 10.9 Å². The smallest absolute Gasteiger partial charge is 0.264 e. The molecule has 0 saturated carbocycles. The molecule has 1 saturated heterocycles. The summed E-state index contributed by atoms with van der Waals surface area (Å²) < 4.78 is 2.44. The Bertz CT molecular complexity index is 396. The highest BCUT2D eigenvalue weighted by Gasteiger charge is 2.12. The van der Waals surface area contributed by atoms with Crippen molar-refractivity contribution in [2.24, 2.45) is 5.92 Å². The predicted octanol–water partition coefficient (Wildman–Crippen LogP) is 2.00. The van der Waals surface area contributed by atoms with E-state index in [0.717, 1.165) is 32.0 Å². The fourth-order valence-corrected chi connectivity index (χ4v) is 2.56. The largest absolute Gasteiger partial charge is 0.316 e. The van der Waals surface area contributed by atoms with Gasteiger partial charge in [0.05, 0.1) is 4.47 Å². The molecule has 1 aliphatic heterocycles. The van der Waals surface area contributed by atoms with Crippen LogP contribution >= 0.6 is 15.9 Å². The zero-order valence-corrected chi connectivity index (χ0v) is 10.9. The van der Waals surface area contributed by atoms with Crippen LogP contribution in [0.5, 0.6) is 0 Å². The van der Waals surface area contributed by atoms with Crippen LogP contribution in [0.2, 0.25) is 0 Å². The molecule has 0 bridgehead atoms. The minimum atomic E-state index is 0.0752. The van der Waals surface area contributed by atoms with Crippen molar-refractivity contribution in [1.29, 1.82) is 0 Å². The van der Waals surface area contributed by atoms with Gasteiger partial charge in [0.25, 0.3) is 5.56 Å². The summed E-state index contributed by atoms with van der Waals surface area (Å²) in [5, 5.41) is 3.40. The molecule has 1 aromatic rings. The summed E-state index contributed by atoms with van der Waals surface area (Å²) in [7, 11) is 0. The fraction of sp³-hybridized carbons (Fsp3) is 0.583. The summed E-state index contributed by atoms with van der Waals surface area (Å²) in [6.45, 7) is 3.07. The third-order valence-electron chi connectivity index (χ3n) is 3.15. The Morgan fingerprint density at radius 1 is 1.56 bits per heavy atom. The molecule has 0 spiro atoms. The van der Waals surface area contributed by atoms with Crippen LogP contribution in [-0.2, 0) is 6.54 Å². The fourth-order valence-electron chi connectivity index (χ4n) is 2.18. The summed E-state index contributed by atoms with van der Waals surface area (Å²) in [6.07, 6.45) is 5.50. The molecule has 2 heterocycles. The first-order chi connectivity index (χ1) is 7.77. The summed E-state index contributed by atoms with van der Waals surface area (Å²) >= 11 is 3.27. The SMILES string of the molecule is O=c1c(Br)cccn1CCC1CCCNC1. The lowest BCUT2D eigenvalue weighted by Gasteiger charge is -2.22. The minimum absolute atomic E-state index is 0.0752. The van der Waals surface area contributed by atoms with Gasteiger partial charge in [-0.05, 0) is 66.3 Å². The molecule has 1 atom stereocenters. The Balaban J connectivity index is 1.94. The van der Waals surface area contributed by atoms with Crippen LogP contribution in [0, 0.1) is 5.92 Å². The van der Waals surface area contributed by atoms with Gasteiger partial charge in [0, 0.05) is 12.7 Å². The molecule has 0 amide bonds. The molecule has 1 N–H and O–H groups in total. The number of aryl methyl sites for hydroxylation is 1. The molecule has 88 valence electrons. The Kier molecular flexibility index (Phi) is 4.18. The van der Waals surface area contributed by atoms with Gasteiger partial charge in [-0.1, -0.05) is 0 Å². The van der Waals surface area contributed by atoms with Crippen molar-refractivity contribution in [3.05, 3.63) is 33.2 Å². The standard InChI is InChI=1S/C12H17BrN2O/c13-11-4-2-7-15(12(11)16)8-5-10-3-1-6-14-9-10/h2,4,7,10,14H,1,3,5-6,8-9H2. The Labute approximate surface area is 104 Å².